The van der Waals surface area contributed by atoms with Crippen LogP contribution in [0.1, 0.15) is 6.92 Å². The lowest BCUT2D eigenvalue weighted by Crippen LogP contribution is -1.99. The third kappa shape index (κ3) is 2.44. The van der Waals surface area contributed by atoms with Gasteiger partial charge in [-0.3, -0.25) is 10.1 Å². The van der Waals surface area contributed by atoms with Gasteiger partial charge in [0.2, 0.25) is 0 Å². The molecule has 0 saturated carbocycles. The predicted octanol–water partition coefficient (Wildman–Crippen LogP) is 3.30. The highest BCUT2D eigenvalue weighted by atomic mass is 32.2. The third-order valence-corrected chi connectivity index (χ3v) is 3.55. The Morgan fingerprint density at radius 2 is 2.24 bits per heavy atom. The van der Waals surface area contributed by atoms with Crippen molar-refractivity contribution in [3.8, 4) is 0 Å². The number of nitro groups is 1. The minimum atomic E-state index is -0.326. The van der Waals surface area contributed by atoms with E-state index in [1.165, 1.54) is 0 Å². The summed E-state index contributed by atoms with van der Waals surface area (Å²) in [6.07, 6.45) is 1.92. The number of rotatable bonds is 5. The van der Waals surface area contributed by atoms with Crippen LogP contribution < -0.4 is 0 Å². The van der Waals surface area contributed by atoms with E-state index in [1.54, 1.807) is 12.1 Å². The summed E-state index contributed by atoms with van der Waals surface area (Å²) in [6, 6.07) is 7.04. The normalized spacial score (nSPS) is 10.9. The lowest BCUT2D eigenvalue weighted by molar-refractivity contribution is -0.383. The molecule has 0 spiro atoms. The van der Waals surface area contributed by atoms with Crippen molar-refractivity contribution in [1.82, 2.24) is 4.57 Å². The number of non-ortho nitro benzene ring substituents is 1. The summed E-state index contributed by atoms with van der Waals surface area (Å²) in [5.74, 6) is 2.13. The molecular weight excluding hydrogens is 236 g/mol. The van der Waals surface area contributed by atoms with Gasteiger partial charge in [0.1, 0.15) is 0 Å². The lowest BCUT2D eigenvalue weighted by atomic mass is 10.2. The molecule has 0 aliphatic carbocycles. The van der Waals surface area contributed by atoms with E-state index in [4.69, 9.17) is 0 Å². The first-order chi connectivity index (χ1) is 8.24. The van der Waals surface area contributed by atoms with Crippen molar-refractivity contribution in [2.24, 2.45) is 0 Å². The molecule has 1 heterocycles. The molecule has 0 saturated heterocycles. The van der Waals surface area contributed by atoms with Gasteiger partial charge in [0.15, 0.2) is 0 Å². The molecule has 0 amide bonds. The fraction of sp³-hybridized carbons (Fsp3) is 0.333. The number of nitro benzene ring substituents is 1. The van der Waals surface area contributed by atoms with E-state index in [2.05, 4.69) is 11.5 Å². The molecule has 1 aromatic heterocycles. The Kier molecular flexibility index (Phi) is 3.68. The van der Waals surface area contributed by atoms with E-state index in [1.807, 2.05) is 30.1 Å². The third-order valence-electron chi connectivity index (χ3n) is 2.67. The average Bonchev–Trinajstić information content (AvgIpc) is 2.72. The maximum Gasteiger partial charge on any atom is 0.278 e. The second-order valence-electron chi connectivity index (χ2n) is 3.67. The Morgan fingerprint density at radius 3 is 2.94 bits per heavy atom. The van der Waals surface area contributed by atoms with Crippen LogP contribution in [0.25, 0.3) is 10.9 Å². The lowest BCUT2D eigenvalue weighted by Gasteiger charge is -2.04. The monoisotopic (exact) mass is 250 g/mol. The van der Waals surface area contributed by atoms with Crippen LogP contribution in [0.15, 0.2) is 30.5 Å². The van der Waals surface area contributed by atoms with Gasteiger partial charge < -0.3 is 4.57 Å². The Hall–Kier alpha value is -1.49. The van der Waals surface area contributed by atoms with Gasteiger partial charge >= 0.3 is 0 Å². The first-order valence-electron chi connectivity index (χ1n) is 5.54. The molecule has 1 aromatic carbocycles. The standard InChI is InChI=1S/C12H14N2O2S/c1-2-17-9-8-13-7-6-10-11(13)4-3-5-12(10)14(15)16/h3-7H,2,8-9H2,1H3. The molecular formula is C12H14N2O2S. The largest absolute Gasteiger partial charge is 0.346 e. The van der Waals surface area contributed by atoms with Gasteiger partial charge in [-0.05, 0) is 17.9 Å². The summed E-state index contributed by atoms with van der Waals surface area (Å²) in [7, 11) is 0. The number of benzene rings is 1. The number of fused-ring (bicyclic) bond motifs is 1. The first kappa shape index (κ1) is 12.0. The molecule has 0 unspecified atom stereocenters. The Balaban J connectivity index is 2.34. The second-order valence-corrected chi connectivity index (χ2v) is 5.07. The van der Waals surface area contributed by atoms with E-state index in [0.29, 0.717) is 0 Å². The smallest absolute Gasteiger partial charge is 0.278 e. The molecule has 90 valence electrons. The van der Waals surface area contributed by atoms with Crippen molar-refractivity contribution >= 4 is 28.4 Å². The molecule has 2 rings (SSSR count). The van der Waals surface area contributed by atoms with E-state index in [9.17, 15) is 10.1 Å². The number of thioether (sulfide) groups is 1. The quantitative estimate of drug-likeness (QED) is 0.464. The van der Waals surface area contributed by atoms with Crippen LogP contribution in [0.5, 0.6) is 0 Å². The summed E-state index contributed by atoms with van der Waals surface area (Å²) in [4.78, 5) is 10.6. The van der Waals surface area contributed by atoms with Gasteiger partial charge in [-0.1, -0.05) is 13.0 Å². The topological polar surface area (TPSA) is 48.1 Å². The first-order valence-corrected chi connectivity index (χ1v) is 6.69. The molecule has 4 nitrogen and oxygen atoms in total. The number of nitrogens with zero attached hydrogens (tertiary/aromatic N) is 2. The van der Waals surface area contributed by atoms with E-state index >= 15 is 0 Å². The molecule has 0 fully saturated rings. The molecule has 0 aliphatic heterocycles. The van der Waals surface area contributed by atoms with Crippen LogP contribution in [-0.4, -0.2) is 21.0 Å². The summed E-state index contributed by atoms with van der Waals surface area (Å²) < 4.78 is 2.07. The fourth-order valence-electron chi connectivity index (χ4n) is 1.87. The summed E-state index contributed by atoms with van der Waals surface area (Å²) in [5.41, 5.74) is 1.13. The van der Waals surface area contributed by atoms with Gasteiger partial charge in [0, 0.05) is 24.6 Å². The summed E-state index contributed by atoms with van der Waals surface area (Å²) >= 11 is 1.87. The maximum atomic E-state index is 10.9. The second kappa shape index (κ2) is 5.23. The Labute approximate surface area is 104 Å². The zero-order chi connectivity index (χ0) is 12.3. The Bertz CT molecular complexity index is 536. The molecule has 17 heavy (non-hydrogen) atoms. The van der Waals surface area contributed by atoms with Gasteiger partial charge in [-0.2, -0.15) is 11.8 Å². The van der Waals surface area contributed by atoms with E-state index < -0.39 is 0 Å². The van der Waals surface area contributed by atoms with Crippen molar-refractivity contribution in [2.45, 2.75) is 13.5 Å². The molecule has 0 radical (unpaired) electrons. The molecule has 0 N–H and O–H groups in total. The summed E-state index contributed by atoms with van der Waals surface area (Å²) in [6.45, 7) is 3.02. The maximum absolute atomic E-state index is 10.9. The zero-order valence-corrected chi connectivity index (χ0v) is 10.4. The van der Waals surface area contributed by atoms with Gasteiger partial charge in [-0.15, -0.1) is 0 Å². The summed E-state index contributed by atoms with van der Waals surface area (Å²) in [5, 5.41) is 11.6. The fourth-order valence-corrected chi connectivity index (χ4v) is 2.48. The highest BCUT2D eigenvalue weighted by Gasteiger charge is 2.13. The van der Waals surface area contributed by atoms with Crippen molar-refractivity contribution < 1.29 is 4.92 Å². The van der Waals surface area contributed by atoms with Gasteiger partial charge in [0.05, 0.1) is 15.8 Å². The molecule has 0 aliphatic rings. The predicted molar refractivity (Wildman–Crippen MR) is 71.6 cm³/mol. The van der Waals surface area contributed by atoms with Crippen LogP contribution in [0, 0.1) is 10.1 Å². The number of aromatic nitrogens is 1. The molecule has 0 bridgehead atoms. The van der Waals surface area contributed by atoms with Crippen molar-refractivity contribution in [3.05, 3.63) is 40.6 Å². The SMILES string of the molecule is CCSCCn1ccc2c([N+](=O)[O-])cccc21. The highest BCUT2D eigenvalue weighted by molar-refractivity contribution is 7.99. The van der Waals surface area contributed by atoms with E-state index in [0.717, 1.165) is 29.0 Å². The minimum absolute atomic E-state index is 0.185. The number of hydrogen-bond donors (Lipinski definition) is 0. The minimum Gasteiger partial charge on any atom is -0.346 e. The van der Waals surface area contributed by atoms with Crippen LogP contribution in [0.3, 0.4) is 0 Å². The van der Waals surface area contributed by atoms with Crippen LogP contribution in [0.4, 0.5) is 5.69 Å². The average molecular weight is 250 g/mol. The van der Waals surface area contributed by atoms with Crippen LogP contribution >= 0.6 is 11.8 Å². The van der Waals surface area contributed by atoms with Gasteiger partial charge in [-0.25, -0.2) is 0 Å². The Morgan fingerprint density at radius 1 is 1.41 bits per heavy atom. The van der Waals surface area contributed by atoms with E-state index in [-0.39, 0.29) is 10.6 Å². The number of aryl methyl sites for hydroxylation is 1. The van der Waals surface area contributed by atoms with Crippen molar-refractivity contribution in [3.63, 3.8) is 0 Å². The van der Waals surface area contributed by atoms with Crippen LogP contribution in [0.2, 0.25) is 0 Å². The highest BCUT2D eigenvalue weighted by Crippen LogP contribution is 2.26. The molecule has 5 heteroatoms. The number of hydrogen-bond acceptors (Lipinski definition) is 3. The molecule has 0 atom stereocenters. The molecule has 2 aromatic rings. The van der Waals surface area contributed by atoms with Crippen molar-refractivity contribution in [1.29, 1.82) is 0 Å². The van der Waals surface area contributed by atoms with Crippen LogP contribution in [-0.2, 0) is 6.54 Å². The van der Waals surface area contributed by atoms with Gasteiger partial charge in [0.25, 0.3) is 5.69 Å². The zero-order valence-electron chi connectivity index (χ0n) is 9.63. The van der Waals surface area contributed by atoms with Crippen molar-refractivity contribution in [2.75, 3.05) is 11.5 Å².